The fourth-order valence-electron chi connectivity index (χ4n) is 2.67. The van der Waals surface area contributed by atoms with Crippen LogP contribution in [-0.4, -0.2) is 36.0 Å². The fourth-order valence-corrected chi connectivity index (χ4v) is 2.67. The minimum absolute atomic E-state index is 0.171. The van der Waals surface area contributed by atoms with Gasteiger partial charge >= 0.3 is 0 Å². The molecule has 1 unspecified atom stereocenters. The largest absolute Gasteiger partial charge is 0.382 e. The lowest BCUT2D eigenvalue weighted by molar-refractivity contribution is -0.385. The van der Waals surface area contributed by atoms with E-state index >= 15 is 0 Å². The smallest absolute Gasteiger partial charge is 0.274 e. The lowest BCUT2D eigenvalue weighted by Gasteiger charge is -2.33. The maximum Gasteiger partial charge on any atom is 0.274 e. The highest BCUT2D eigenvalue weighted by Gasteiger charge is 2.22. The Labute approximate surface area is 117 Å². The summed E-state index contributed by atoms with van der Waals surface area (Å²) >= 11 is 0. The highest BCUT2D eigenvalue weighted by molar-refractivity contribution is 5.52. The lowest BCUT2D eigenvalue weighted by Crippen LogP contribution is -2.37. The van der Waals surface area contributed by atoms with Gasteiger partial charge in [-0.15, -0.1) is 0 Å². The molecule has 6 heteroatoms. The number of halogens is 1. The molecular weight excluding hydrogens is 261 g/mol. The molecule has 0 bridgehead atoms. The number of likely N-dealkylation sites (tertiary alicyclic amines) is 1. The van der Waals surface area contributed by atoms with Crippen LogP contribution >= 0.6 is 0 Å². The van der Waals surface area contributed by atoms with Crippen molar-refractivity contribution in [3.05, 3.63) is 34.1 Å². The topological polar surface area (TPSA) is 58.4 Å². The number of benzene rings is 1. The second-order valence-corrected chi connectivity index (χ2v) is 5.53. The second kappa shape index (κ2) is 6.17. The van der Waals surface area contributed by atoms with E-state index in [0.29, 0.717) is 11.6 Å². The van der Waals surface area contributed by atoms with Gasteiger partial charge in [0.2, 0.25) is 0 Å². The third-order valence-electron chi connectivity index (χ3n) is 3.96. The van der Waals surface area contributed by atoms with Gasteiger partial charge in [-0.2, -0.15) is 0 Å². The molecule has 1 atom stereocenters. The summed E-state index contributed by atoms with van der Waals surface area (Å²) in [6.45, 7) is 4.16. The molecule has 0 saturated carbocycles. The fraction of sp³-hybridized carbons (Fsp3) is 0.571. The first-order valence-electron chi connectivity index (χ1n) is 6.86. The van der Waals surface area contributed by atoms with Crippen molar-refractivity contribution in [1.82, 2.24) is 4.90 Å². The van der Waals surface area contributed by atoms with Crippen LogP contribution in [-0.2, 0) is 0 Å². The molecule has 1 aliphatic heterocycles. The van der Waals surface area contributed by atoms with Crippen molar-refractivity contribution in [2.45, 2.75) is 25.8 Å². The maximum atomic E-state index is 13.4. The van der Waals surface area contributed by atoms with Gasteiger partial charge in [0, 0.05) is 17.8 Å². The molecule has 1 aromatic carbocycles. The van der Waals surface area contributed by atoms with Crippen molar-refractivity contribution < 1.29 is 9.31 Å². The van der Waals surface area contributed by atoms with E-state index in [4.69, 9.17) is 0 Å². The van der Waals surface area contributed by atoms with Gasteiger partial charge in [-0.05, 0) is 51.9 Å². The minimum atomic E-state index is -0.586. The Bertz CT molecular complexity index is 487. The number of hydrogen-bond donors (Lipinski definition) is 1. The normalized spacial score (nSPS) is 18.8. The Morgan fingerprint density at radius 1 is 1.40 bits per heavy atom. The van der Waals surface area contributed by atoms with E-state index in [2.05, 4.69) is 17.3 Å². The lowest BCUT2D eigenvalue weighted by atomic mass is 9.90. The predicted molar refractivity (Wildman–Crippen MR) is 76.4 cm³/mol. The highest BCUT2D eigenvalue weighted by Crippen LogP contribution is 2.25. The van der Waals surface area contributed by atoms with Crippen LogP contribution in [0.2, 0.25) is 0 Å². The molecule has 0 spiro atoms. The zero-order chi connectivity index (χ0) is 14.7. The zero-order valence-electron chi connectivity index (χ0n) is 11.8. The van der Waals surface area contributed by atoms with Crippen LogP contribution in [0.5, 0.6) is 0 Å². The molecule has 1 N–H and O–H groups in total. The van der Waals surface area contributed by atoms with E-state index in [-0.39, 0.29) is 11.7 Å². The van der Waals surface area contributed by atoms with Crippen LogP contribution in [0.25, 0.3) is 0 Å². The summed E-state index contributed by atoms with van der Waals surface area (Å²) in [5, 5.41) is 13.9. The van der Waals surface area contributed by atoms with Crippen LogP contribution in [0.1, 0.15) is 19.8 Å². The Morgan fingerprint density at radius 2 is 2.05 bits per heavy atom. The van der Waals surface area contributed by atoms with Gasteiger partial charge in [0.25, 0.3) is 5.69 Å². The maximum absolute atomic E-state index is 13.4. The van der Waals surface area contributed by atoms with Crippen LogP contribution in [0.4, 0.5) is 15.8 Å². The summed E-state index contributed by atoms with van der Waals surface area (Å²) in [5.74, 6) is -0.0780. The quantitative estimate of drug-likeness (QED) is 0.681. The second-order valence-electron chi connectivity index (χ2n) is 5.53. The van der Waals surface area contributed by atoms with Gasteiger partial charge in [-0.1, -0.05) is 0 Å². The van der Waals surface area contributed by atoms with Crippen molar-refractivity contribution >= 4 is 11.4 Å². The Hall–Kier alpha value is -1.69. The van der Waals surface area contributed by atoms with Crippen molar-refractivity contribution in [1.29, 1.82) is 0 Å². The van der Waals surface area contributed by atoms with Gasteiger partial charge in [-0.25, -0.2) is 4.39 Å². The Kier molecular flexibility index (Phi) is 4.54. The Balaban J connectivity index is 2.03. The number of nitro benzene ring substituents is 1. The average Bonchev–Trinajstić information content (AvgIpc) is 2.38. The number of nitrogens with zero attached hydrogens (tertiary/aromatic N) is 2. The predicted octanol–water partition coefficient (Wildman–Crippen LogP) is 2.88. The van der Waals surface area contributed by atoms with Crippen LogP contribution < -0.4 is 5.32 Å². The molecule has 0 radical (unpaired) electrons. The SMILES string of the molecule is CC(Nc1cc(F)cc([N+](=O)[O-])c1)C1CCN(C)CC1. The van der Waals surface area contributed by atoms with E-state index in [1.807, 2.05) is 6.92 Å². The van der Waals surface area contributed by atoms with Crippen molar-refractivity contribution in [3.8, 4) is 0 Å². The Morgan fingerprint density at radius 3 is 2.65 bits per heavy atom. The zero-order valence-corrected chi connectivity index (χ0v) is 11.8. The van der Waals surface area contributed by atoms with Gasteiger partial charge in [0.05, 0.1) is 11.0 Å². The molecule has 0 aliphatic carbocycles. The minimum Gasteiger partial charge on any atom is -0.382 e. The standard InChI is InChI=1S/C14H20FN3O2/c1-10(11-3-5-17(2)6-4-11)16-13-7-12(15)8-14(9-13)18(19)20/h7-11,16H,3-6H2,1-2H3. The van der Waals surface area contributed by atoms with E-state index in [1.165, 1.54) is 12.1 Å². The summed E-state index contributed by atoms with van der Waals surface area (Å²) in [4.78, 5) is 12.4. The molecular formula is C14H20FN3O2. The molecule has 1 fully saturated rings. The third-order valence-corrected chi connectivity index (χ3v) is 3.96. The summed E-state index contributed by atoms with van der Waals surface area (Å²) in [7, 11) is 2.10. The molecule has 20 heavy (non-hydrogen) atoms. The number of hydrogen-bond acceptors (Lipinski definition) is 4. The van der Waals surface area contributed by atoms with Crippen LogP contribution in [0.3, 0.4) is 0 Å². The van der Waals surface area contributed by atoms with E-state index < -0.39 is 10.7 Å². The summed E-state index contributed by atoms with van der Waals surface area (Å²) in [6, 6.07) is 3.79. The molecule has 1 saturated heterocycles. The highest BCUT2D eigenvalue weighted by atomic mass is 19.1. The van der Waals surface area contributed by atoms with Gasteiger partial charge in [0.1, 0.15) is 5.82 Å². The summed E-state index contributed by atoms with van der Waals surface area (Å²) in [6.07, 6.45) is 2.17. The summed E-state index contributed by atoms with van der Waals surface area (Å²) < 4.78 is 13.4. The molecule has 0 amide bonds. The number of rotatable bonds is 4. The monoisotopic (exact) mass is 281 g/mol. The number of nitro groups is 1. The average molecular weight is 281 g/mol. The van der Waals surface area contributed by atoms with Gasteiger partial charge < -0.3 is 10.2 Å². The first kappa shape index (κ1) is 14.7. The van der Waals surface area contributed by atoms with E-state index in [9.17, 15) is 14.5 Å². The molecule has 2 rings (SSSR count). The van der Waals surface area contributed by atoms with Crippen molar-refractivity contribution in [2.24, 2.45) is 5.92 Å². The summed E-state index contributed by atoms with van der Waals surface area (Å²) in [5.41, 5.74) is 0.256. The third kappa shape index (κ3) is 3.66. The van der Waals surface area contributed by atoms with Crippen LogP contribution in [0.15, 0.2) is 18.2 Å². The number of nitrogens with one attached hydrogen (secondary N) is 1. The molecule has 110 valence electrons. The molecule has 1 aromatic rings. The number of non-ortho nitro benzene ring substituents is 1. The first-order chi connectivity index (χ1) is 9.45. The molecule has 5 nitrogen and oxygen atoms in total. The first-order valence-corrected chi connectivity index (χ1v) is 6.86. The van der Waals surface area contributed by atoms with E-state index in [1.54, 1.807) is 0 Å². The number of piperidine rings is 1. The molecule has 1 aliphatic rings. The number of anilines is 1. The van der Waals surface area contributed by atoms with Gasteiger partial charge in [-0.3, -0.25) is 10.1 Å². The van der Waals surface area contributed by atoms with Crippen LogP contribution in [0, 0.1) is 21.8 Å². The van der Waals surface area contributed by atoms with Crippen molar-refractivity contribution in [2.75, 3.05) is 25.5 Å². The van der Waals surface area contributed by atoms with Gasteiger partial charge in [0.15, 0.2) is 0 Å². The molecule has 0 aromatic heterocycles. The molecule has 1 heterocycles. The van der Waals surface area contributed by atoms with E-state index in [0.717, 1.165) is 32.0 Å². The van der Waals surface area contributed by atoms with Crippen molar-refractivity contribution in [3.63, 3.8) is 0 Å².